The lowest BCUT2D eigenvalue weighted by molar-refractivity contribution is -0.148. The van der Waals surface area contributed by atoms with E-state index in [1.165, 1.54) is 18.2 Å². The second-order valence-electron chi connectivity index (χ2n) is 3.74. The first-order valence-electron chi connectivity index (χ1n) is 4.94. The molecule has 0 aromatic heterocycles. The first kappa shape index (κ1) is 14.6. The fourth-order valence-electron chi connectivity index (χ4n) is 1.75. The average Bonchev–Trinajstić information content (AvgIpc) is 2.28. The Morgan fingerprint density at radius 1 is 1.00 bits per heavy atom. The fraction of sp³-hybridized carbons (Fsp3) is 0.167. The highest BCUT2D eigenvalue weighted by Crippen LogP contribution is 2.36. The predicted octanol–water partition coefficient (Wildman–Crippen LogP) is 3.53. The number of nitrogens with two attached hydrogens (primary N) is 1. The van der Waals surface area contributed by atoms with E-state index in [1.807, 2.05) is 0 Å². The minimum Gasteiger partial charge on any atom is -0.507 e. The summed E-state index contributed by atoms with van der Waals surface area (Å²) in [5, 5.41) is 10.2. The Morgan fingerprint density at radius 2 is 1.56 bits per heavy atom. The highest BCUT2D eigenvalue weighted by Gasteiger charge is 2.38. The Morgan fingerprint density at radius 3 is 2.11 bits per heavy atom. The largest absolute Gasteiger partial charge is 0.507 e. The monoisotopic (exact) mass is 277 g/mol. The number of benzene rings is 2. The number of aromatic hydroxyl groups is 1. The molecule has 3 N–H and O–H groups in total. The molecule has 0 aliphatic heterocycles. The molecule has 98 valence electrons. The van der Waals surface area contributed by atoms with Crippen LogP contribution in [-0.4, -0.2) is 11.3 Å². The highest BCUT2D eigenvalue weighted by molar-refractivity contribution is 5.91. The molecule has 0 unspecified atom stereocenters. The van der Waals surface area contributed by atoms with Crippen molar-refractivity contribution in [3.05, 3.63) is 42.0 Å². The first-order chi connectivity index (χ1) is 7.91. The van der Waals surface area contributed by atoms with E-state index in [0.717, 1.165) is 0 Å². The maximum absolute atomic E-state index is 12.6. The molecule has 6 heteroatoms. The van der Waals surface area contributed by atoms with Crippen molar-refractivity contribution in [2.45, 2.75) is 12.2 Å². The van der Waals surface area contributed by atoms with Crippen molar-refractivity contribution < 1.29 is 18.3 Å². The standard InChI is InChI=1S/C12H10F3NO.ClH/c13-12(14,15)11(16)9-5-6-10(17)8-4-2-1-3-7(8)9;/h1-6,11,17H,16H2;1H/t11-;/m1./s1. The van der Waals surface area contributed by atoms with Crippen LogP contribution in [0.25, 0.3) is 10.8 Å². The molecule has 0 bridgehead atoms. The third kappa shape index (κ3) is 2.52. The smallest absolute Gasteiger partial charge is 0.407 e. The zero-order valence-corrected chi connectivity index (χ0v) is 9.92. The molecule has 2 aromatic carbocycles. The summed E-state index contributed by atoms with van der Waals surface area (Å²) in [5.74, 6) is -0.0567. The Balaban J connectivity index is 0.00000162. The van der Waals surface area contributed by atoms with Crippen molar-refractivity contribution in [1.82, 2.24) is 0 Å². The van der Waals surface area contributed by atoms with Gasteiger partial charge in [0.15, 0.2) is 0 Å². The van der Waals surface area contributed by atoms with Crippen LogP contribution in [0.3, 0.4) is 0 Å². The summed E-state index contributed by atoms with van der Waals surface area (Å²) in [4.78, 5) is 0. The Kier molecular flexibility index (Phi) is 4.09. The van der Waals surface area contributed by atoms with Crippen molar-refractivity contribution in [3.8, 4) is 5.75 Å². The SMILES string of the molecule is Cl.N[C@H](c1ccc(O)c2ccccc12)C(F)(F)F. The van der Waals surface area contributed by atoms with Gasteiger partial charge in [-0.05, 0) is 17.0 Å². The van der Waals surface area contributed by atoms with Gasteiger partial charge in [0.05, 0.1) is 0 Å². The van der Waals surface area contributed by atoms with Crippen LogP contribution in [-0.2, 0) is 0 Å². The summed E-state index contributed by atoms with van der Waals surface area (Å²) < 4.78 is 37.7. The zero-order valence-electron chi connectivity index (χ0n) is 9.11. The predicted molar refractivity (Wildman–Crippen MR) is 65.8 cm³/mol. The molecular formula is C12H11ClF3NO. The molecule has 0 heterocycles. The summed E-state index contributed by atoms with van der Waals surface area (Å²) in [6, 6.07) is 6.69. The van der Waals surface area contributed by atoms with Crippen LogP contribution in [0.15, 0.2) is 36.4 Å². The third-order valence-electron chi connectivity index (χ3n) is 2.62. The van der Waals surface area contributed by atoms with Gasteiger partial charge in [-0.1, -0.05) is 30.3 Å². The lowest BCUT2D eigenvalue weighted by atomic mass is 9.98. The van der Waals surface area contributed by atoms with Gasteiger partial charge in [0.1, 0.15) is 11.8 Å². The number of hydrogen-bond acceptors (Lipinski definition) is 2. The lowest BCUT2D eigenvalue weighted by Gasteiger charge is -2.18. The Labute approximate surface area is 108 Å². The molecule has 1 atom stereocenters. The molecular weight excluding hydrogens is 267 g/mol. The summed E-state index contributed by atoms with van der Waals surface area (Å²) in [6.07, 6.45) is -4.50. The van der Waals surface area contributed by atoms with Crippen LogP contribution >= 0.6 is 12.4 Å². The van der Waals surface area contributed by atoms with E-state index in [2.05, 4.69) is 0 Å². The van der Waals surface area contributed by atoms with Gasteiger partial charge in [-0.2, -0.15) is 13.2 Å². The minimum atomic E-state index is -4.50. The van der Waals surface area contributed by atoms with Crippen molar-refractivity contribution in [3.63, 3.8) is 0 Å². The number of hydrogen-bond donors (Lipinski definition) is 2. The maximum Gasteiger partial charge on any atom is 0.407 e. The summed E-state index contributed by atoms with van der Waals surface area (Å²) in [6.45, 7) is 0. The zero-order chi connectivity index (χ0) is 12.6. The molecule has 0 aliphatic rings. The van der Waals surface area contributed by atoms with E-state index >= 15 is 0 Å². The van der Waals surface area contributed by atoms with Crippen LogP contribution in [0.2, 0.25) is 0 Å². The van der Waals surface area contributed by atoms with E-state index in [1.54, 1.807) is 18.2 Å². The van der Waals surface area contributed by atoms with Crippen LogP contribution < -0.4 is 5.73 Å². The number of fused-ring (bicyclic) bond motifs is 1. The van der Waals surface area contributed by atoms with Gasteiger partial charge < -0.3 is 10.8 Å². The van der Waals surface area contributed by atoms with Gasteiger partial charge in [-0.15, -0.1) is 12.4 Å². The molecule has 0 saturated heterocycles. The van der Waals surface area contributed by atoms with Crippen molar-refractivity contribution in [2.75, 3.05) is 0 Å². The van der Waals surface area contributed by atoms with Crippen LogP contribution in [0.4, 0.5) is 13.2 Å². The first-order valence-corrected chi connectivity index (χ1v) is 4.94. The highest BCUT2D eigenvalue weighted by atomic mass is 35.5. The van der Waals surface area contributed by atoms with Gasteiger partial charge in [0.2, 0.25) is 0 Å². The van der Waals surface area contributed by atoms with Crippen LogP contribution in [0.5, 0.6) is 5.75 Å². The van der Waals surface area contributed by atoms with Crippen LogP contribution in [0.1, 0.15) is 11.6 Å². The van der Waals surface area contributed by atoms with Gasteiger partial charge >= 0.3 is 6.18 Å². The van der Waals surface area contributed by atoms with Gasteiger partial charge in [-0.3, -0.25) is 0 Å². The number of alkyl halides is 3. The van der Waals surface area contributed by atoms with Crippen molar-refractivity contribution in [1.29, 1.82) is 0 Å². The van der Waals surface area contributed by atoms with Crippen molar-refractivity contribution in [2.24, 2.45) is 5.73 Å². The normalized spacial score (nSPS) is 13.1. The average molecular weight is 278 g/mol. The van der Waals surface area contributed by atoms with Crippen LogP contribution in [0, 0.1) is 0 Å². The molecule has 0 spiro atoms. The molecule has 0 saturated carbocycles. The van der Waals surface area contributed by atoms with E-state index in [4.69, 9.17) is 5.73 Å². The molecule has 2 nitrogen and oxygen atoms in total. The summed E-state index contributed by atoms with van der Waals surface area (Å²) >= 11 is 0. The van der Waals surface area contributed by atoms with Crippen molar-refractivity contribution >= 4 is 23.2 Å². The summed E-state index contributed by atoms with van der Waals surface area (Å²) in [7, 11) is 0. The topological polar surface area (TPSA) is 46.2 Å². The van der Waals surface area contributed by atoms with E-state index in [0.29, 0.717) is 10.8 Å². The number of phenols is 1. The molecule has 2 rings (SSSR count). The number of phenolic OH excluding ortho intramolecular Hbond substituents is 1. The maximum atomic E-state index is 12.6. The summed E-state index contributed by atoms with van der Waals surface area (Å²) in [5.41, 5.74) is 5.15. The lowest BCUT2D eigenvalue weighted by Crippen LogP contribution is -2.28. The second kappa shape index (κ2) is 5.04. The quantitative estimate of drug-likeness (QED) is 0.838. The van der Waals surface area contributed by atoms with E-state index in [9.17, 15) is 18.3 Å². The van der Waals surface area contributed by atoms with Gasteiger partial charge in [-0.25, -0.2) is 0 Å². The number of halogens is 4. The molecule has 0 aliphatic carbocycles. The second-order valence-corrected chi connectivity index (χ2v) is 3.74. The molecule has 0 radical (unpaired) electrons. The minimum absolute atomic E-state index is 0. The number of rotatable bonds is 1. The Hall–Kier alpha value is -1.46. The van der Waals surface area contributed by atoms with Gasteiger partial charge in [0.25, 0.3) is 0 Å². The molecule has 2 aromatic rings. The van der Waals surface area contributed by atoms with E-state index in [-0.39, 0.29) is 23.7 Å². The molecule has 0 fully saturated rings. The van der Waals surface area contributed by atoms with Gasteiger partial charge in [0, 0.05) is 5.39 Å². The Bertz CT molecular complexity index is 557. The molecule has 18 heavy (non-hydrogen) atoms. The van der Waals surface area contributed by atoms with E-state index < -0.39 is 12.2 Å². The fourth-order valence-corrected chi connectivity index (χ4v) is 1.75. The third-order valence-corrected chi connectivity index (χ3v) is 2.62. The molecule has 0 amide bonds.